The lowest BCUT2D eigenvalue weighted by Gasteiger charge is -2.21. The lowest BCUT2D eigenvalue weighted by atomic mass is 10.1. The van der Waals surface area contributed by atoms with E-state index in [1.54, 1.807) is 12.3 Å². The van der Waals surface area contributed by atoms with E-state index in [2.05, 4.69) is 9.97 Å². The van der Waals surface area contributed by atoms with Crippen LogP contribution >= 0.6 is 0 Å². The van der Waals surface area contributed by atoms with E-state index < -0.39 is 10.0 Å². The number of nitrogens with one attached hydrogen (secondary N) is 1. The molecule has 26 heavy (non-hydrogen) atoms. The van der Waals surface area contributed by atoms with Crippen molar-refractivity contribution in [2.45, 2.75) is 25.8 Å². The summed E-state index contributed by atoms with van der Waals surface area (Å²) in [6.45, 7) is 1.88. The van der Waals surface area contributed by atoms with Crippen LogP contribution in [-0.4, -0.2) is 30.2 Å². The Bertz CT molecular complexity index is 1120. The van der Waals surface area contributed by atoms with Crippen molar-refractivity contribution in [3.8, 4) is 0 Å². The molecule has 4 rings (SSSR count). The first kappa shape index (κ1) is 16.8. The number of para-hydroxylation sites is 1. The molecule has 0 bridgehead atoms. The van der Waals surface area contributed by atoms with Crippen LogP contribution < -0.4 is 9.86 Å². The van der Waals surface area contributed by atoms with Crippen LogP contribution in [0.15, 0.2) is 53.5 Å². The number of nitrogens with zero attached hydrogens (tertiary/aromatic N) is 2. The van der Waals surface area contributed by atoms with E-state index in [1.165, 1.54) is 4.31 Å². The van der Waals surface area contributed by atoms with E-state index in [-0.39, 0.29) is 17.4 Å². The smallest absolute Gasteiger partial charge is 0.251 e. The number of aromatic nitrogens is 2. The van der Waals surface area contributed by atoms with Gasteiger partial charge in [0.25, 0.3) is 5.56 Å². The molecule has 1 aliphatic rings. The fourth-order valence-corrected chi connectivity index (χ4v) is 5.26. The molecule has 134 valence electrons. The van der Waals surface area contributed by atoms with Crippen molar-refractivity contribution in [1.29, 1.82) is 0 Å². The Morgan fingerprint density at radius 3 is 2.73 bits per heavy atom. The Hall–Kier alpha value is -2.67. The minimum atomic E-state index is -3.28. The zero-order valence-electron chi connectivity index (χ0n) is 14.3. The lowest BCUT2D eigenvalue weighted by Crippen LogP contribution is -2.31. The number of fused-ring (bicyclic) bond motifs is 1. The van der Waals surface area contributed by atoms with E-state index in [4.69, 9.17) is 0 Å². The highest BCUT2D eigenvalue weighted by Gasteiger charge is 2.35. The summed E-state index contributed by atoms with van der Waals surface area (Å²) in [5, 5.41) is 0.976. The Balaban J connectivity index is 1.62. The van der Waals surface area contributed by atoms with Crippen molar-refractivity contribution >= 4 is 26.7 Å². The van der Waals surface area contributed by atoms with Crippen molar-refractivity contribution in [2.75, 3.05) is 10.1 Å². The number of sulfonamides is 1. The maximum Gasteiger partial charge on any atom is 0.251 e. The molecular weight excluding hydrogens is 350 g/mol. The van der Waals surface area contributed by atoms with Gasteiger partial charge in [-0.1, -0.05) is 24.3 Å². The van der Waals surface area contributed by atoms with E-state index in [0.29, 0.717) is 24.2 Å². The van der Waals surface area contributed by atoms with Crippen molar-refractivity contribution in [2.24, 2.45) is 0 Å². The maximum absolute atomic E-state index is 12.3. The molecule has 7 heteroatoms. The monoisotopic (exact) mass is 369 g/mol. The molecule has 0 unspecified atom stereocenters. The molecule has 0 radical (unpaired) electrons. The zero-order valence-corrected chi connectivity index (χ0v) is 15.2. The number of benzene rings is 1. The highest BCUT2D eigenvalue weighted by Crippen LogP contribution is 2.27. The Kier molecular flexibility index (Phi) is 4.03. The molecule has 1 atom stereocenters. The quantitative estimate of drug-likeness (QED) is 0.769. The van der Waals surface area contributed by atoms with Crippen LogP contribution in [0, 0.1) is 0 Å². The normalized spacial score (nSPS) is 19.1. The Morgan fingerprint density at radius 2 is 2.04 bits per heavy atom. The van der Waals surface area contributed by atoms with Crippen LogP contribution in [0.4, 0.5) is 5.82 Å². The fourth-order valence-electron chi connectivity index (χ4n) is 3.37. The molecule has 0 spiro atoms. The minimum Gasteiger partial charge on any atom is -0.322 e. The third kappa shape index (κ3) is 2.99. The average Bonchev–Trinajstić information content (AvgIpc) is 2.89. The van der Waals surface area contributed by atoms with E-state index in [1.807, 2.05) is 43.3 Å². The summed E-state index contributed by atoms with van der Waals surface area (Å²) in [7, 11) is -3.28. The van der Waals surface area contributed by atoms with Crippen molar-refractivity contribution in [3.63, 3.8) is 0 Å². The first-order chi connectivity index (χ1) is 12.4. The van der Waals surface area contributed by atoms with Gasteiger partial charge in [-0.15, -0.1) is 0 Å². The summed E-state index contributed by atoms with van der Waals surface area (Å²) in [4.78, 5) is 19.5. The molecule has 0 saturated carbocycles. The van der Waals surface area contributed by atoms with E-state index >= 15 is 0 Å². The van der Waals surface area contributed by atoms with E-state index in [9.17, 15) is 13.2 Å². The number of hydrogen-bond acceptors (Lipinski definition) is 4. The van der Waals surface area contributed by atoms with Gasteiger partial charge in [0, 0.05) is 29.7 Å². The maximum atomic E-state index is 12.3. The number of pyridine rings is 2. The van der Waals surface area contributed by atoms with Gasteiger partial charge in [-0.05, 0) is 42.5 Å². The second-order valence-electron chi connectivity index (χ2n) is 6.66. The molecule has 1 aromatic carbocycles. The predicted octanol–water partition coefficient (Wildman–Crippen LogP) is 2.44. The average molecular weight is 369 g/mol. The number of rotatable bonds is 3. The molecule has 3 heterocycles. The molecule has 1 saturated heterocycles. The predicted molar refractivity (Wildman–Crippen MR) is 102 cm³/mol. The first-order valence-corrected chi connectivity index (χ1v) is 10.1. The fraction of sp³-hybridized carbons (Fsp3) is 0.263. The van der Waals surface area contributed by atoms with Crippen molar-refractivity contribution in [1.82, 2.24) is 9.97 Å². The lowest BCUT2D eigenvalue weighted by molar-refractivity contribution is 0.597. The van der Waals surface area contributed by atoms with Crippen LogP contribution in [0.25, 0.3) is 10.9 Å². The van der Waals surface area contributed by atoms with Crippen LogP contribution in [0.1, 0.15) is 24.5 Å². The molecule has 2 aromatic heterocycles. The molecule has 3 aromatic rings. The Labute approximate surface area is 151 Å². The van der Waals surface area contributed by atoms with Crippen LogP contribution in [-0.2, 0) is 16.4 Å². The third-order valence-electron chi connectivity index (χ3n) is 4.75. The van der Waals surface area contributed by atoms with Gasteiger partial charge < -0.3 is 4.98 Å². The molecule has 0 amide bonds. The summed E-state index contributed by atoms with van der Waals surface area (Å²) >= 11 is 0. The third-order valence-corrected chi connectivity index (χ3v) is 6.65. The molecule has 1 fully saturated rings. The molecule has 0 aliphatic carbocycles. The molecular formula is C19H19N3O3S. The van der Waals surface area contributed by atoms with Gasteiger partial charge in [0.2, 0.25) is 10.0 Å². The zero-order chi connectivity index (χ0) is 18.3. The SMILES string of the molecule is C[C@@H]1CCS(=O)(=O)N1c1ccc(Cc2cc3ccccc3[nH]c2=O)cn1. The van der Waals surface area contributed by atoms with Gasteiger partial charge in [0.05, 0.1) is 5.75 Å². The number of H-pyrrole nitrogens is 1. The second kappa shape index (κ2) is 6.25. The second-order valence-corrected chi connectivity index (χ2v) is 8.63. The highest BCUT2D eigenvalue weighted by molar-refractivity contribution is 7.93. The summed E-state index contributed by atoms with van der Waals surface area (Å²) < 4.78 is 25.7. The van der Waals surface area contributed by atoms with Crippen LogP contribution in [0.5, 0.6) is 0 Å². The Morgan fingerprint density at radius 1 is 1.23 bits per heavy atom. The first-order valence-electron chi connectivity index (χ1n) is 8.52. The van der Waals surface area contributed by atoms with Gasteiger partial charge in [0.15, 0.2) is 0 Å². The number of anilines is 1. The van der Waals surface area contributed by atoms with Crippen molar-refractivity contribution in [3.05, 3.63) is 70.1 Å². The summed E-state index contributed by atoms with van der Waals surface area (Å²) in [5.74, 6) is 0.593. The van der Waals surface area contributed by atoms with Crippen molar-refractivity contribution < 1.29 is 8.42 Å². The van der Waals surface area contributed by atoms with Crippen LogP contribution in [0.3, 0.4) is 0 Å². The van der Waals surface area contributed by atoms with Gasteiger partial charge >= 0.3 is 0 Å². The van der Waals surface area contributed by atoms with Gasteiger partial charge in [-0.2, -0.15) is 0 Å². The summed E-state index contributed by atoms with van der Waals surface area (Å²) in [6, 6.07) is 13.0. The topological polar surface area (TPSA) is 83.1 Å². The minimum absolute atomic E-state index is 0.0818. The standard InChI is InChI=1S/C19H19N3O3S/c1-13-8-9-26(24,25)22(13)18-7-6-14(12-20-18)10-16-11-15-4-2-3-5-17(15)21-19(16)23/h2-7,11-13H,8-10H2,1H3,(H,21,23)/t13-/m1/s1. The molecule has 1 N–H and O–H groups in total. The van der Waals surface area contributed by atoms with E-state index in [0.717, 1.165) is 16.5 Å². The van der Waals surface area contributed by atoms with Gasteiger partial charge in [-0.25, -0.2) is 13.4 Å². The highest BCUT2D eigenvalue weighted by atomic mass is 32.2. The number of aromatic amines is 1. The molecule has 1 aliphatic heterocycles. The van der Waals surface area contributed by atoms with Gasteiger partial charge in [0.1, 0.15) is 5.82 Å². The number of hydrogen-bond donors (Lipinski definition) is 1. The largest absolute Gasteiger partial charge is 0.322 e. The summed E-state index contributed by atoms with van der Waals surface area (Å²) in [6.07, 6.45) is 2.69. The van der Waals surface area contributed by atoms with Crippen LogP contribution in [0.2, 0.25) is 0 Å². The summed E-state index contributed by atoms with van der Waals surface area (Å²) in [5.41, 5.74) is 2.20. The van der Waals surface area contributed by atoms with Gasteiger partial charge in [-0.3, -0.25) is 9.10 Å². The molecule has 6 nitrogen and oxygen atoms in total.